The van der Waals surface area contributed by atoms with Gasteiger partial charge in [-0.05, 0) is 24.1 Å². The number of rotatable bonds is 11. The molecule has 5 atom stereocenters. The first kappa shape index (κ1) is 29.1. The van der Waals surface area contributed by atoms with Gasteiger partial charge in [0.1, 0.15) is 30.7 Å². The minimum absolute atomic E-state index is 0.0101. The second-order valence-electron chi connectivity index (χ2n) is 9.44. The van der Waals surface area contributed by atoms with E-state index in [4.69, 9.17) is 25.9 Å². The van der Waals surface area contributed by atoms with Crippen LogP contribution in [0.25, 0.3) is 11.2 Å². The number of nitrogens with two attached hydrogens (primary N) is 1. The summed E-state index contributed by atoms with van der Waals surface area (Å²) in [6.07, 6.45) is 3.48. The van der Waals surface area contributed by atoms with Crippen LogP contribution in [0.5, 0.6) is 5.75 Å². The molecule has 218 valence electrons. The number of benzene rings is 2. The monoisotopic (exact) mass is 596 g/mol. The van der Waals surface area contributed by atoms with E-state index in [1.165, 1.54) is 23.0 Å². The van der Waals surface area contributed by atoms with E-state index < -0.39 is 50.4 Å². The van der Waals surface area contributed by atoms with E-state index in [9.17, 15) is 24.0 Å². The predicted molar refractivity (Wildman–Crippen MR) is 147 cm³/mol. The number of halogens is 1. The molecule has 3 heterocycles. The van der Waals surface area contributed by atoms with E-state index in [1.54, 1.807) is 48.5 Å². The van der Waals surface area contributed by atoms with Crippen LogP contribution < -0.4 is 15.3 Å². The molecule has 15 heteroatoms. The van der Waals surface area contributed by atoms with Crippen LogP contribution in [0.15, 0.2) is 67.0 Å². The average Bonchev–Trinajstić information content (AvgIpc) is 3.54. The average molecular weight is 597 g/mol. The predicted octanol–water partition coefficient (Wildman–Crippen LogP) is 2.69. The number of aromatic nitrogens is 4. The lowest BCUT2D eigenvalue weighted by Gasteiger charge is -2.30. The van der Waals surface area contributed by atoms with Gasteiger partial charge in [0.05, 0.1) is 6.33 Å². The summed E-state index contributed by atoms with van der Waals surface area (Å²) in [4.78, 5) is 23.4. The van der Waals surface area contributed by atoms with Crippen molar-refractivity contribution in [3.63, 3.8) is 0 Å². The fourth-order valence-electron chi connectivity index (χ4n) is 4.46. The molecular formula is C27H26FN6O7P. The van der Waals surface area contributed by atoms with Crippen LogP contribution in [0.4, 0.5) is 10.2 Å². The minimum Gasteiger partial charge on any atom is -0.480 e. The highest BCUT2D eigenvalue weighted by molar-refractivity contribution is 7.52. The number of anilines is 1. The lowest BCUT2D eigenvalue weighted by molar-refractivity contribution is -0.139. The Morgan fingerprint density at radius 1 is 1.26 bits per heavy atom. The number of nitrogens with zero attached hydrogens (tertiary/aromatic N) is 4. The number of carboxylic acid groups (broad SMARTS) is 1. The number of hydrogen-bond acceptors (Lipinski definition) is 10. The summed E-state index contributed by atoms with van der Waals surface area (Å²) in [5.74, 6) is 0.998. The summed E-state index contributed by atoms with van der Waals surface area (Å²) in [6, 6.07) is 15.3. The minimum atomic E-state index is -4.48. The first-order chi connectivity index (χ1) is 20.1. The number of aliphatic hydroxyl groups excluding tert-OH is 1. The van der Waals surface area contributed by atoms with Gasteiger partial charge in [-0.1, -0.05) is 54.5 Å². The van der Waals surface area contributed by atoms with E-state index in [1.807, 2.05) is 0 Å². The molecule has 0 unspecified atom stereocenters. The van der Waals surface area contributed by atoms with E-state index in [2.05, 4.69) is 26.0 Å². The molecule has 5 N–H and O–H groups in total. The number of ether oxygens (including phenoxy) is 1. The molecule has 1 saturated heterocycles. The number of terminal acetylenes is 1. The Kier molecular flexibility index (Phi) is 8.22. The number of hydrogen-bond donors (Lipinski definition) is 4. The van der Waals surface area contributed by atoms with Gasteiger partial charge in [-0.2, -0.15) is 19.4 Å². The van der Waals surface area contributed by atoms with Crippen molar-refractivity contribution in [3.8, 4) is 18.1 Å². The van der Waals surface area contributed by atoms with E-state index in [-0.39, 0.29) is 35.6 Å². The van der Waals surface area contributed by atoms with Gasteiger partial charge in [0.25, 0.3) is 0 Å². The number of para-hydroxylation sites is 1. The van der Waals surface area contributed by atoms with Gasteiger partial charge in [-0.3, -0.25) is 13.9 Å². The molecular weight excluding hydrogens is 570 g/mol. The molecule has 42 heavy (non-hydrogen) atoms. The van der Waals surface area contributed by atoms with Crippen LogP contribution in [0.1, 0.15) is 18.2 Å². The molecule has 1 aliphatic rings. The Morgan fingerprint density at radius 3 is 2.62 bits per heavy atom. The summed E-state index contributed by atoms with van der Waals surface area (Å²) < 4.78 is 46.6. The second kappa shape index (κ2) is 11.8. The summed E-state index contributed by atoms with van der Waals surface area (Å²) in [7, 11) is -4.48. The van der Waals surface area contributed by atoms with Gasteiger partial charge < -0.3 is 25.2 Å². The highest BCUT2D eigenvalue weighted by atomic mass is 31.2. The topological polar surface area (TPSA) is 184 Å². The lowest BCUT2D eigenvalue weighted by atomic mass is 9.99. The summed E-state index contributed by atoms with van der Waals surface area (Å²) in [5.41, 5.74) is 4.66. The van der Waals surface area contributed by atoms with Crippen LogP contribution in [0.3, 0.4) is 0 Å². The Balaban J connectivity index is 1.40. The third-order valence-corrected chi connectivity index (χ3v) is 8.15. The zero-order chi connectivity index (χ0) is 29.9. The molecule has 1 aliphatic heterocycles. The lowest BCUT2D eigenvalue weighted by Crippen LogP contribution is -2.44. The SMILES string of the molecule is C#C[C@]1(CO[P@](=O)(N[C@@H](Cc2ccccc2)C(=O)O)Oc2ccccc2)O[C@@H](n2cnc3c(N)nc(F)nc32)C[C@@H]1O. The number of carbonyl (C=O) groups is 1. The molecule has 1 fully saturated rings. The molecule has 0 bridgehead atoms. The zero-order valence-corrected chi connectivity index (χ0v) is 22.8. The van der Waals surface area contributed by atoms with Gasteiger partial charge >= 0.3 is 19.8 Å². The summed E-state index contributed by atoms with van der Waals surface area (Å²) in [5, 5.41) is 23.4. The highest BCUT2D eigenvalue weighted by Crippen LogP contribution is 2.48. The molecule has 0 aliphatic carbocycles. The number of aliphatic hydroxyl groups is 1. The van der Waals surface area contributed by atoms with Gasteiger partial charge in [-0.15, -0.1) is 6.42 Å². The maximum atomic E-state index is 14.1. The maximum Gasteiger partial charge on any atom is 0.459 e. The Morgan fingerprint density at radius 2 is 1.95 bits per heavy atom. The van der Waals surface area contributed by atoms with E-state index in [0.717, 1.165) is 0 Å². The molecule has 2 aromatic heterocycles. The number of carboxylic acids is 1. The number of aliphatic carboxylic acids is 1. The molecule has 2 aromatic carbocycles. The van der Waals surface area contributed by atoms with Crippen molar-refractivity contribution in [1.82, 2.24) is 24.6 Å². The van der Waals surface area contributed by atoms with Gasteiger partial charge in [-0.25, -0.2) is 9.55 Å². The number of fused-ring (bicyclic) bond motifs is 1. The van der Waals surface area contributed by atoms with Crippen LogP contribution in [0.2, 0.25) is 0 Å². The fraction of sp³-hybridized carbons (Fsp3) is 0.259. The number of imidazole rings is 1. The number of nitrogen functional groups attached to an aromatic ring is 1. The van der Waals surface area contributed by atoms with Crippen molar-refractivity contribution in [2.45, 2.75) is 36.8 Å². The molecule has 13 nitrogen and oxygen atoms in total. The smallest absolute Gasteiger partial charge is 0.459 e. The Labute approximate surface area is 239 Å². The van der Waals surface area contributed by atoms with Crippen molar-refractivity contribution >= 4 is 30.7 Å². The van der Waals surface area contributed by atoms with Crippen molar-refractivity contribution in [3.05, 3.63) is 78.6 Å². The largest absolute Gasteiger partial charge is 0.480 e. The highest BCUT2D eigenvalue weighted by Gasteiger charge is 2.50. The Bertz CT molecular complexity index is 1670. The molecule has 4 aromatic rings. The third-order valence-electron chi connectivity index (χ3n) is 6.60. The van der Waals surface area contributed by atoms with Crippen molar-refractivity contribution in [2.75, 3.05) is 12.3 Å². The first-order valence-electron chi connectivity index (χ1n) is 12.6. The zero-order valence-electron chi connectivity index (χ0n) is 21.9. The van der Waals surface area contributed by atoms with Crippen LogP contribution in [-0.2, 0) is 25.0 Å². The second-order valence-corrected chi connectivity index (χ2v) is 11.1. The molecule has 0 radical (unpaired) electrons. The quantitative estimate of drug-likeness (QED) is 0.113. The Hall–Kier alpha value is -4.38. The standard InChI is InChI=1S/C27H26FN6O7P/c1-2-27(20(35)14-21(40-27)34-16-30-22-23(29)31-26(28)32-24(22)34)15-39-42(38,41-18-11-7-4-8-12-18)33-19(25(36)37)13-17-9-5-3-6-10-17/h1,3-12,16,19-21,35H,13-15H2,(H,33,38)(H,36,37)(H2,29,31,32)/t19-,20-,21+,27+,42+/m0/s1. The summed E-state index contributed by atoms with van der Waals surface area (Å²) >= 11 is 0. The van der Waals surface area contributed by atoms with Gasteiger partial charge in [0.2, 0.25) is 0 Å². The molecule has 5 rings (SSSR count). The molecule has 0 saturated carbocycles. The van der Waals surface area contributed by atoms with Crippen molar-refractivity contribution < 1.29 is 37.7 Å². The van der Waals surface area contributed by atoms with Crippen molar-refractivity contribution in [1.29, 1.82) is 0 Å². The summed E-state index contributed by atoms with van der Waals surface area (Å²) in [6.45, 7) is -0.673. The van der Waals surface area contributed by atoms with Gasteiger partial charge in [0.15, 0.2) is 22.6 Å². The fourth-order valence-corrected chi connectivity index (χ4v) is 5.99. The van der Waals surface area contributed by atoms with E-state index >= 15 is 0 Å². The van der Waals surface area contributed by atoms with Crippen LogP contribution in [0, 0.1) is 18.4 Å². The molecule has 0 amide bonds. The molecule has 0 spiro atoms. The first-order valence-corrected chi connectivity index (χ1v) is 14.2. The number of nitrogens with one attached hydrogen (secondary N) is 1. The van der Waals surface area contributed by atoms with Crippen molar-refractivity contribution in [2.24, 2.45) is 0 Å². The van der Waals surface area contributed by atoms with E-state index in [0.29, 0.717) is 5.56 Å². The third kappa shape index (κ3) is 6.11. The van der Waals surface area contributed by atoms with Crippen LogP contribution in [-0.4, -0.2) is 60.1 Å². The maximum absolute atomic E-state index is 14.1. The normalized spacial score (nSPS) is 22.3. The van der Waals surface area contributed by atoms with Gasteiger partial charge in [0, 0.05) is 6.42 Å². The van der Waals surface area contributed by atoms with Crippen LogP contribution >= 0.6 is 7.75 Å².